The van der Waals surface area contributed by atoms with Gasteiger partial charge in [-0.15, -0.1) is 0 Å². The van der Waals surface area contributed by atoms with Gasteiger partial charge >= 0.3 is 6.09 Å². The van der Waals surface area contributed by atoms with Crippen LogP contribution in [0, 0.1) is 0 Å². The van der Waals surface area contributed by atoms with E-state index in [0.717, 1.165) is 5.03 Å². The monoisotopic (exact) mass is 653 g/mol. The van der Waals surface area contributed by atoms with Crippen LogP contribution >= 0.6 is 21.6 Å². The summed E-state index contributed by atoms with van der Waals surface area (Å²) in [5, 5.41) is 11.8. The standard InChI is InChI=1S/C29H35N9O5S2/c1-29(2,3)43-28(42)33-19-14-21(37(5)16-19)26(40)35-22-17-38(6)24(34-22)27(41)32-18-13-20(36(4)15-18)25(39)31-11-12-44-45-23-9-7-8-10-30-23/h7-10,13-17H,11-12H2,1-6H3,(H,31,39)(H,32,41)(H,33,42)(H,35,40). The van der Waals surface area contributed by atoms with E-state index >= 15 is 0 Å². The number of amides is 4. The third kappa shape index (κ3) is 9.39. The van der Waals surface area contributed by atoms with Crippen LogP contribution in [0.4, 0.5) is 22.0 Å². The fraction of sp³-hybridized carbons (Fsp3) is 0.310. The lowest BCUT2D eigenvalue weighted by Crippen LogP contribution is -2.27. The quantitative estimate of drug-likeness (QED) is 0.135. The van der Waals surface area contributed by atoms with Gasteiger partial charge in [0.2, 0.25) is 5.82 Å². The molecule has 45 heavy (non-hydrogen) atoms. The van der Waals surface area contributed by atoms with Crippen molar-refractivity contribution in [3.63, 3.8) is 0 Å². The van der Waals surface area contributed by atoms with Gasteiger partial charge in [0.15, 0.2) is 5.82 Å². The third-order valence-electron chi connectivity index (χ3n) is 5.95. The van der Waals surface area contributed by atoms with Gasteiger partial charge < -0.3 is 34.4 Å². The number of hydrogen-bond donors (Lipinski definition) is 4. The van der Waals surface area contributed by atoms with Gasteiger partial charge in [0, 0.05) is 58.2 Å². The number of anilines is 3. The highest BCUT2D eigenvalue weighted by Gasteiger charge is 2.21. The van der Waals surface area contributed by atoms with E-state index in [2.05, 4.69) is 31.2 Å². The Kier molecular flexibility index (Phi) is 10.6. The largest absolute Gasteiger partial charge is 0.444 e. The van der Waals surface area contributed by atoms with Gasteiger partial charge in [-0.25, -0.2) is 14.8 Å². The summed E-state index contributed by atoms with van der Waals surface area (Å²) < 4.78 is 9.89. The molecule has 16 heteroatoms. The lowest BCUT2D eigenvalue weighted by Gasteiger charge is -2.19. The molecule has 0 atom stereocenters. The molecule has 238 valence electrons. The highest BCUT2D eigenvalue weighted by molar-refractivity contribution is 8.76. The predicted octanol–water partition coefficient (Wildman–Crippen LogP) is 4.51. The Morgan fingerprint density at radius 3 is 2.16 bits per heavy atom. The highest BCUT2D eigenvalue weighted by Crippen LogP contribution is 2.28. The number of carbonyl (C=O) groups is 4. The van der Waals surface area contributed by atoms with Gasteiger partial charge in [0.1, 0.15) is 22.0 Å². The van der Waals surface area contributed by atoms with Crippen molar-refractivity contribution in [3.8, 4) is 0 Å². The van der Waals surface area contributed by atoms with E-state index in [9.17, 15) is 19.2 Å². The molecule has 0 fully saturated rings. The molecule has 0 aliphatic heterocycles. The van der Waals surface area contributed by atoms with E-state index in [4.69, 9.17) is 4.74 Å². The van der Waals surface area contributed by atoms with Gasteiger partial charge in [-0.3, -0.25) is 19.7 Å². The first kappa shape index (κ1) is 33.2. The zero-order chi connectivity index (χ0) is 32.7. The summed E-state index contributed by atoms with van der Waals surface area (Å²) >= 11 is 0. The molecule has 4 N–H and O–H groups in total. The summed E-state index contributed by atoms with van der Waals surface area (Å²) in [6.07, 6.45) is 5.80. The number of ether oxygens (including phenoxy) is 1. The maximum atomic E-state index is 13.0. The Bertz CT molecular complexity index is 1690. The molecule has 0 spiro atoms. The fourth-order valence-corrected chi connectivity index (χ4v) is 5.82. The van der Waals surface area contributed by atoms with E-state index in [0.29, 0.717) is 29.4 Å². The summed E-state index contributed by atoms with van der Waals surface area (Å²) in [5.41, 5.74) is 0.753. The number of aryl methyl sites for hydroxylation is 3. The smallest absolute Gasteiger partial charge is 0.412 e. The Morgan fingerprint density at radius 2 is 1.51 bits per heavy atom. The van der Waals surface area contributed by atoms with Crippen molar-refractivity contribution in [1.29, 1.82) is 0 Å². The second kappa shape index (κ2) is 14.4. The third-order valence-corrected chi connectivity index (χ3v) is 8.22. The molecule has 0 saturated heterocycles. The molecule has 0 unspecified atom stereocenters. The lowest BCUT2D eigenvalue weighted by atomic mass is 10.2. The molecule has 4 aromatic rings. The Balaban J connectivity index is 1.30. The molecular formula is C29H35N9O5S2. The molecule has 4 aromatic heterocycles. The summed E-state index contributed by atoms with van der Waals surface area (Å²) in [7, 11) is 8.12. The van der Waals surface area contributed by atoms with Gasteiger partial charge in [-0.2, -0.15) is 0 Å². The SMILES string of the molecule is Cn1cc(NC(=O)c2nc(NC(=O)c3cc(NC(=O)OC(C)(C)C)cn3C)cn2C)cc1C(=O)NCCSSc1ccccn1. The van der Waals surface area contributed by atoms with Crippen LogP contribution in [-0.4, -0.2) is 65.4 Å². The van der Waals surface area contributed by atoms with E-state index in [-0.39, 0.29) is 23.2 Å². The number of aromatic nitrogens is 5. The molecule has 4 heterocycles. The van der Waals surface area contributed by atoms with Crippen LogP contribution in [0.2, 0.25) is 0 Å². The highest BCUT2D eigenvalue weighted by atomic mass is 33.1. The zero-order valence-corrected chi connectivity index (χ0v) is 27.3. The van der Waals surface area contributed by atoms with Crippen molar-refractivity contribution < 1.29 is 23.9 Å². The second-order valence-corrected chi connectivity index (χ2v) is 13.3. The van der Waals surface area contributed by atoms with Crippen molar-refractivity contribution in [2.24, 2.45) is 21.1 Å². The fourth-order valence-electron chi connectivity index (χ4n) is 4.04. The Morgan fingerprint density at radius 1 is 0.844 bits per heavy atom. The average molecular weight is 654 g/mol. The predicted molar refractivity (Wildman–Crippen MR) is 175 cm³/mol. The van der Waals surface area contributed by atoms with Crippen molar-refractivity contribution in [3.05, 3.63) is 72.3 Å². The molecule has 14 nitrogen and oxygen atoms in total. The molecule has 4 rings (SSSR count). The Hall–Kier alpha value is -4.70. The van der Waals surface area contributed by atoms with Crippen molar-refractivity contribution in [1.82, 2.24) is 29.0 Å². The molecule has 4 amide bonds. The second-order valence-electron chi connectivity index (χ2n) is 10.9. The summed E-state index contributed by atoms with van der Waals surface area (Å²) in [5.74, 6) is -0.403. The summed E-state index contributed by atoms with van der Waals surface area (Å²) in [6, 6.07) is 8.78. The van der Waals surface area contributed by atoms with E-state index in [1.165, 1.54) is 16.8 Å². The molecule has 0 saturated carbocycles. The molecule has 0 aromatic carbocycles. The first-order valence-corrected chi connectivity index (χ1v) is 16.1. The first-order chi connectivity index (χ1) is 21.3. The van der Waals surface area contributed by atoms with Crippen LogP contribution in [0.25, 0.3) is 0 Å². The molecule has 0 radical (unpaired) electrons. The minimum Gasteiger partial charge on any atom is -0.444 e. The van der Waals surface area contributed by atoms with Crippen molar-refractivity contribution >= 4 is 62.6 Å². The maximum Gasteiger partial charge on any atom is 0.412 e. The number of hydrogen-bond acceptors (Lipinski definition) is 9. The van der Waals surface area contributed by atoms with Crippen LogP contribution in [0.3, 0.4) is 0 Å². The lowest BCUT2D eigenvalue weighted by molar-refractivity contribution is 0.0635. The molecule has 0 aliphatic rings. The maximum absolute atomic E-state index is 13.0. The number of nitrogens with zero attached hydrogens (tertiary/aromatic N) is 5. The van der Waals surface area contributed by atoms with Gasteiger partial charge in [0.25, 0.3) is 17.7 Å². The van der Waals surface area contributed by atoms with Crippen LogP contribution < -0.4 is 21.3 Å². The van der Waals surface area contributed by atoms with E-state index < -0.39 is 23.5 Å². The number of imidazole rings is 1. The number of nitrogens with one attached hydrogen (secondary N) is 4. The van der Waals surface area contributed by atoms with E-state index in [1.54, 1.807) is 97.3 Å². The summed E-state index contributed by atoms with van der Waals surface area (Å²) in [4.78, 5) is 59.3. The molecular weight excluding hydrogens is 619 g/mol. The Labute approximate surface area is 268 Å². The minimum absolute atomic E-state index is 0.0433. The normalized spacial score (nSPS) is 11.2. The number of pyridine rings is 1. The topological polar surface area (TPSA) is 166 Å². The van der Waals surface area contributed by atoms with Crippen LogP contribution in [0.5, 0.6) is 0 Å². The van der Waals surface area contributed by atoms with Crippen LogP contribution in [0.15, 0.2) is 60.1 Å². The minimum atomic E-state index is -0.667. The van der Waals surface area contributed by atoms with Crippen LogP contribution in [-0.2, 0) is 25.9 Å². The molecule has 0 bridgehead atoms. The zero-order valence-electron chi connectivity index (χ0n) is 25.7. The van der Waals surface area contributed by atoms with Crippen molar-refractivity contribution in [2.75, 3.05) is 28.2 Å². The van der Waals surface area contributed by atoms with E-state index in [1.807, 2.05) is 18.2 Å². The van der Waals surface area contributed by atoms with Gasteiger partial charge in [-0.05, 0) is 55.8 Å². The summed E-state index contributed by atoms with van der Waals surface area (Å²) in [6.45, 7) is 5.72. The first-order valence-electron chi connectivity index (χ1n) is 13.8. The van der Waals surface area contributed by atoms with Crippen molar-refractivity contribution in [2.45, 2.75) is 31.4 Å². The molecule has 0 aliphatic carbocycles. The number of rotatable bonds is 11. The van der Waals surface area contributed by atoms with Crippen LogP contribution in [0.1, 0.15) is 52.4 Å². The van der Waals surface area contributed by atoms with Gasteiger partial charge in [-0.1, -0.05) is 16.9 Å². The number of carbonyl (C=O) groups excluding carboxylic acids is 4. The van der Waals surface area contributed by atoms with Gasteiger partial charge in [0.05, 0.1) is 11.4 Å². The average Bonchev–Trinajstić information content (AvgIpc) is 3.63.